The molecule has 1 saturated heterocycles. The van der Waals surface area contributed by atoms with Crippen LogP contribution < -0.4 is 11.3 Å². The maximum atomic E-state index is 5.82. The first-order valence-corrected chi connectivity index (χ1v) is 7.89. The van der Waals surface area contributed by atoms with Gasteiger partial charge in [0.25, 0.3) is 0 Å². The van der Waals surface area contributed by atoms with Crippen LogP contribution in [0.15, 0.2) is 24.3 Å². The van der Waals surface area contributed by atoms with Crippen molar-refractivity contribution >= 4 is 11.8 Å². The fourth-order valence-corrected chi connectivity index (χ4v) is 4.84. The number of fused-ring (bicyclic) bond motifs is 1. The summed E-state index contributed by atoms with van der Waals surface area (Å²) in [5.74, 6) is 7.82. The van der Waals surface area contributed by atoms with Crippen molar-refractivity contribution < 1.29 is 0 Å². The zero-order chi connectivity index (χ0) is 12.6. The Bertz CT molecular complexity index is 426. The van der Waals surface area contributed by atoms with Crippen LogP contribution >= 0.6 is 11.8 Å². The third-order valence-corrected chi connectivity index (χ3v) is 6.31. The highest BCUT2D eigenvalue weighted by molar-refractivity contribution is 8.00. The van der Waals surface area contributed by atoms with Crippen LogP contribution in [-0.2, 0) is 6.42 Å². The zero-order valence-corrected chi connectivity index (χ0v) is 11.8. The second-order valence-electron chi connectivity index (χ2n) is 5.82. The van der Waals surface area contributed by atoms with Crippen LogP contribution in [0.25, 0.3) is 0 Å². The second-order valence-corrected chi connectivity index (χ2v) is 7.45. The van der Waals surface area contributed by atoms with Crippen molar-refractivity contribution in [2.24, 2.45) is 5.84 Å². The van der Waals surface area contributed by atoms with Crippen LogP contribution in [0, 0.1) is 0 Å². The molecule has 1 heterocycles. The summed E-state index contributed by atoms with van der Waals surface area (Å²) in [5, 5.41) is 0. The summed E-state index contributed by atoms with van der Waals surface area (Å²) in [6.07, 6.45) is 5.04. The van der Waals surface area contributed by atoms with Crippen molar-refractivity contribution in [2.75, 3.05) is 5.75 Å². The quantitative estimate of drug-likeness (QED) is 0.647. The van der Waals surface area contributed by atoms with Crippen LogP contribution in [0.1, 0.15) is 43.2 Å². The molecule has 1 aromatic rings. The molecule has 1 aliphatic carbocycles. The van der Waals surface area contributed by atoms with Crippen molar-refractivity contribution in [3.05, 3.63) is 35.4 Å². The van der Waals surface area contributed by atoms with Gasteiger partial charge in [-0.3, -0.25) is 11.3 Å². The van der Waals surface area contributed by atoms with Crippen LogP contribution in [0.2, 0.25) is 0 Å². The van der Waals surface area contributed by atoms with E-state index in [1.54, 1.807) is 5.56 Å². The van der Waals surface area contributed by atoms with E-state index in [-0.39, 0.29) is 0 Å². The number of hydrazine groups is 1. The summed E-state index contributed by atoms with van der Waals surface area (Å²) in [5.41, 5.74) is 6.17. The average Bonchev–Trinajstić information content (AvgIpc) is 2.79. The number of hydrogen-bond acceptors (Lipinski definition) is 3. The van der Waals surface area contributed by atoms with Crippen molar-refractivity contribution in [1.29, 1.82) is 0 Å². The number of hydrogen-bond donors (Lipinski definition) is 2. The molecule has 3 atom stereocenters. The highest BCUT2D eigenvalue weighted by Gasteiger charge is 2.40. The number of nitrogens with two attached hydrogens (primary N) is 1. The molecule has 18 heavy (non-hydrogen) atoms. The summed E-state index contributed by atoms with van der Waals surface area (Å²) in [7, 11) is 0. The molecular weight excluding hydrogens is 240 g/mol. The first kappa shape index (κ1) is 12.5. The Labute approximate surface area is 114 Å². The SMILES string of the molecule is CC1(C(CC2Cc3ccccc32)NN)CCCS1. The lowest BCUT2D eigenvalue weighted by molar-refractivity contribution is 0.349. The van der Waals surface area contributed by atoms with E-state index in [1.807, 2.05) is 0 Å². The van der Waals surface area contributed by atoms with Crippen molar-refractivity contribution in [3.63, 3.8) is 0 Å². The van der Waals surface area contributed by atoms with Crippen molar-refractivity contribution in [2.45, 2.75) is 49.3 Å². The minimum absolute atomic E-state index is 0.333. The van der Waals surface area contributed by atoms with Crippen LogP contribution in [0.4, 0.5) is 0 Å². The fourth-order valence-electron chi connectivity index (χ4n) is 3.43. The number of benzene rings is 1. The molecule has 1 fully saturated rings. The Balaban J connectivity index is 1.69. The van der Waals surface area contributed by atoms with Gasteiger partial charge in [-0.1, -0.05) is 24.3 Å². The maximum Gasteiger partial charge on any atom is 0.0360 e. The van der Waals surface area contributed by atoms with Gasteiger partial charge in [0, 0.05) is 10.8 Å². The molecule has 2 nitrogen and oxygen atoms in total. The number of rotatable bonds is 4. The molecule has 3 unspecified atom stereocenters. The van der Waals surface area contributed by atoms with E-state index in [0.29, 0.717) is 16.7 Å². The van der Waals surface area contributed by atoms with Crippen molar-refractivity contribution in [1.82, 2.24) is 5.43 Å². The van der Waals surface area contributed by atoms with E-state index in [0.717, 1.165) is 0 Å². The molecule has 3 heteroatoms. The largest absolute Gasteiger partial charge is 0.271 e. The smallest absolute Gasteiger partial charge is 0.0360 e. The highest BCUT2D eigenvalue weighted by Crippen LogP contribution is 2.45. The third-order valence-electron chi connectivity index (χ3n) is 4.67. The molecule has 3 rings (SSSR count). The summed E-state index contributed by atoms with van der Waals surface area (Å²) in [4.78, 5) is 0. The maximum absolute atomic E-state index is 5.82. The lowest BCUT2D eigenvalue weighted by Crippen LogP contribution is -2.50. The molecule has 0 saturated carbocycles. The summed E-state index contributed by atoms with van der Waals surface area (Å²) in [6, 6.07) is 9.26. The Morgan fingerprint density at radius 1 is 1.50 bits per heavy atom. The van der Waals surface area contributed by atoms with E-state index >= 15 is 0 Å². The highest BCUT2D eigenvalue weighted by atomic mass is 32.2. The van der Waals surface area contributed by atoms with Gasteiger partial charge in [-0.15, -0.1) is 0 Å². The van der Waals surface area contributed by atoms with Gasteiger partial charge >= 0.3 is 0 Å². The average molecular weight is 262 g/mol. The van der Waals surface area contributed by atoms with Crippen molar-refractivity contribution in [3.8, 4) is 0 Å². The first-order chi connectivity index (χ1) is 8.73. The molecule has 1 aromatic carbocycles. The van der Waals surface area contributed by atoms with Gasteiger partial charge in [0.05, 0.1) is 0 Å². The molecule has 98 valence electrons. The zero-order valence-electron chi connectivity index (χ0n) is 11.0. The lowest BCUT2D eigenvalue weighted by atomic mass is 9.73. The summed E-state index contributed by atoms with van der Waals surface area (Å²) < 4.78 is 0.333. The third kappa shape index (κ3) is 2.09. The molecule has 0 bridgehead atoms. The summed E-state index contributed by atoms with van der Waals surface area (Å²) in [6.45, 7) is 2.37. The Morgan fingerprint density at radius 3 is 3.00 bits per heavy atom. The van der Waals surface area contributed by atoms with Gasteiger partial charge in [0.1, 0.15) is 0 Å². The van der Waals surface area contributed by atoms with E-state index in [4.69, 9.17) is 5.84 Å². The van der Waals surface area contributed by atoms with E-state index in [2.05, 4.69) is 48.4 Å². The van der Waals surface area contributed by atoms with Gasteiger partial charge in [0.2, 0.25) is 0 Å². The Hall–Kier alpha value is -0.510. The number of thioether (sulfide) groups is 1. The van der Waals surface area contributed by atoms with Crippen LogP contribution in [0.3, 0.4) is 0 Å². The molecule has 0 radical (unpaired) electrons. The Kier molecular flexibility index (Phi) is 3.39. The van der Waals surface area contributed by atoms with E-state index in [1.165, 1.54) is 37.0 Å². The summed E-state index contributed by atoms with van der Waals surface area (Å²) >= 11 is 2.09. The van der Waals surface area contributed by atoms with Gasteiger partial charge in [-0.2, -0.15) is 11.8 Å². The molecular formula is C15H22N2S. The fraction of sp³-hybridized carbons (Fsp3) is 0.600. The van der Waals surface area contributed by atoms with E-state index < -0.39 is 0 Å². The predicted octanol–water partition coefficient (Wildman–Crippen LogP) is 2.83. The minimum Gasteiger partial charge on any atom is -0.271 e. The van der Waals surface area contributed by atoms with Gasteiger partial charge in [-0.05, 0) is 55.4 Å². The molecule has 2 aliphatic rings. The van der Waals surface area contributed by atoms with E-state index in [9.17, 15) is 0 Å². The van der Waals surface area contributed by atoms with Crippen LogP contribution in [-0.4, -0.2) is 16.5 Å². The second kappa shape index (κ2) is 4.87. The van der Waals surface area contributed by atoms with Gasteiger partial charge in [-0.25, -0.2) is 0 Å². The van der Waals surface area contributed by atoms with Gasteiger partial charge < -0.3 is 0 Å². The first-order valence-electron chi connectivity index (χ1n) is 6.91. The van der Waals surface area contributed by atoms with Crippen LogP contribution in [0.5, 0.6) is 0 Å². The molecule has 0 amide bonds. The molecule has 0 spiro atoms. The molecule has 3 N–H and O–H groups in total. The Morgan fingerprint density at radius 2 is 2.33 bits per heavy atom. The standard InChI is InChI=1S/C15H22N2S/c1-15(7-4-8-18-15)14(17-16)10-12-9-11-5-2-3-6-13(11)12/h2-3,5-6,12,14,17H,4,7-10,16H2,1H3. The predicted molar refractivity (Wildman–Crippen MR) is 78.7 cm³/mol. The lowest BCUT2D eigenvalue weighted by Gasteiger charge is -2.39. The molecule has 1 aliphatic heterocycles. The monoisotopic (exact) mass is 262 g/mol. The molecule has 0 aromatic heterocycles. The number of nitrogens with one attached hydrogen (secondary N) is 1. The minimum atomic E-state index is 0.333. The van der Waals surface area contributed by atoms with Gasteiger partial charge in [0.15, 0.2) is 0 Å². The normalized spacial score (nSPS) is 31.8. The topological polar surface area (TPSA) is 38.0 Å².